The van der Waals surface area contributed by atoms with Crippen molar-refractivity contribution in [1.29, 1.82) is 0 Å². The summed E-state index contributed by atoms with van der Waals surface area (Å²) in [4.78, 5) is 11.3. The number of carbonyl (C=O) groups is 1. The third-order valence-corrected chi connectivity index (χ3v) is 2.90. The summed E-state index contributed by atoms with van der Waals surface area (Å²) in [6.07, 6.45) is 2.04. The summed E-state index contributed by atoms with van der Waals surface area (Å²) in [7, 11) is 1.41. The Morgan fingerprint density at radius 3 is 2.50 bits per heavy atom. The van der Waals surface area contributed by atoms with Gasteiger partial charge in [0.05, 0.1) is 19.6 Å². The molecule has 0 heterocycles. The molecule has 3 nitrogen and oxygen atoms in total. The highest BCUT2D eigenvalue weighted by Gasteiger charge is 2.14. The third-order valence-electron chi connectivity index (χ3n) is 2.90. The molecule has 1 rings (SSSR count). The van der Waals surface area contributed by atoms with Crippen molar-refractivity contribution in [3.8, 4) is 0 Å². The molecule has 0 fully saturated rings. The molecule has 0 saturated carbocycles. The van der Waals surface area contributed by atoms with Crippen molar-refractivity contribution in [2.75, 3.05) is 13.7 Å². The van der Waals surface area contributed by atoms with Gasteiger partial charge in [0.2, 0.25) is 0 Å². The van der Waals surface area contributed by atoms with Gasteiger partial charge >= 0.3 is 5.97 Å². The molecule has 0 aromatic heterocycles. The maximum Gasteiger partial charge on any atom is 0.308 e. The molecule has 0 saturated heterocycles. The quantitative estimate of drug-likeness (QED) is 0.698. The van der Waals surface area contributed by atoms with Crippen molar-refractivity contribution in [2.24, 2.45) is 0 Å². The number of rotatable bonds is 7. The second-order valence-corrected chi connectivity index (χ2v) is 4.38. The van der Waals surface area contributed by atoms with Crippen molar-refractivity contribution >= 4 is 5.97 Å². The first kappa shape index (κ1) is 14.7. The highest BCUT2D eigenvalue weighted by atomic mass is 16.5. The summed E-state index contributed by atoms with van der Waals surface area (Å²) in [6.45, 7) is 4.63. The van der Waals surface area contributed by atoms with Crippen LogP contribution < -0.4 is 0 Å². The molecule has 1 aromatic rings. The Morgan fingerprint density at radius 1 is 1.28 bits per heavy atom. The van der Waals surface area contributed by atoms with Crippen molar-refractivity contribution < 1.29 is 14.3 Å². The van der Waals surface area contributed by atoms with E-state index in [1.165, 1.54) is 18.2 Å². The van der Waals surface area contributed by atoms with Crippen molar-refractivity contribution in [3.05, 3.63) is 35.4 Å². The van der Waals surface area contributed by atoms with Gasteiger partial charge in [-0.05, 0) is 32.3 Å². The van der Waals surface area contributed by atoms with E-state index in [4.69, 9.17) is 4.74 Å². The molecule has 1 aromatic carbocycles. The van der Waals surface area contributed by atoms with Crippen LogP contribution in [0.1, 0.15) is 30.9 Å². The number of esters is 1. The molecule has 0 aliphatic rings. The van der Waals surface area contributed by atoms with Crippen molar-refractivity contribution in [3.63, 3.8) is 0 Å². The number of methoxy groups -OCH3 is 1. The van der Waals surface area contributed by atoms with E-state index in [2.05, 4.69) is 35.9 Å². The van der Waals surface area contributed by atoms with E-state index in [9.17, 15) is 4.79 Å². The lowest BCUT2D eigenvalue weighted by atomic mass is 10.0. The van der Waals surface area contributed by atoms with Gasteiger partial charge in [-0.25, -0.2) is 0 Å². The van der Waals surface area contributed by atoms with Crippen LogP contribution in [0.5, 0.6) is 0 Å². The molecule has 100 valence electrons. The SMILES string of the molecule is CCOC(CCc1ccc(C)cc1)CC(=O)OC. The second kappa shape index (κ2) is 7.88. The molecule has 0 radical (unpaired) electrons. The number of hydrogen-bond donors (Lipinski definition) is 0. The van der Waals surface area contributed by atoms with Gasteiger partial charge in [-0.3, -0.25) is 4.79 Å². The molecule has 0 aliphatic heterocycles. The first-order valence-corrected chi connectivity index (χ1v) is 6.39. The molecular formula is C15H22O3. The Morgan fingerprint density at radius 2 is 1.94 bits per heavy atom. The molecule has 0 spiro atoms. The van der Waals surface area contributed by atoms with Crippen molar-refractivity contribution in [2.45, 2.75) is 39.2 Å². The number of ether oxygens (including phenoxy) is 2. The fourth-order valence-electron chi connectivity index (χ4n) is 1.83. The van der Waals surface area contributed by atoms with Crippen LogP contribution in [0.15, 0.2) is 24.3 Å². The second-order valence-electron chi connectivity index (χ2n) is 4.38. The van der Waals surface area contributed by atoms with E-state index in [0.29, 0.717) is 13.0 Å². The van der Waals surface area contributed by atoms with Gasteiger partial charge < -0.3 is 9.47 Å². The zero-order valence-electron chi connectivity index (χ0n) is 11.4. The first-order valence-electron chi connectivity index (χ1n) is 6.39. The summed E-state index contributed by atoms with van der Waals surface area (Å²) in [5.74, 6) is -0.211. The monoisotopic (exact) mass is 250 g/mol. The fourth-order valence-corrected chi connectivity index (χ4v) is 1.83. The van der Waals surface area contributed by atoms with Crippen LogP contribution in [0.25, 0.3) is 0 Å². The predicted molar refractivity (Wildman–Crippen MR) is 71.5 cm³/mol. The first-order chi connectivity index (χ1) is 8.65. The van der Waals surface area contributed by atoms with E-state index in [-0.39, 0.29) is 12.1 Å². The molecule has 3 heteroatoms. The molecule has 0 aliphatic carbocycles. The molecule has 18 heavy (non-hydrogen) atoms. The van der Waals surface area contributed by atoms with E-state index in [1.54, 1.807) is 0 Å². The van der Waals surface area contributed by atoms with Gasteiger partial charge in [-0.1, -0.05) is 29.8 Å². The number of carbonyl (C=O) groups excluding carboxylic acids is 1. The van der Waals surface area contributed by atoms with Gasteiger partial charge in [0.15, 0.2) is 0 Å². The Hall–Kier alpha value is -1.35. The number of hydrogen-bond acceptors (Lipinski definition) is 3. The Labute approximate surface area is 109 Å². The molecule has 1 unspecified atom stereocenters. The average molecular weight is 250 g/mol. The summed E-state index contributed by atoms with van der Waals surface area (Å²) in [5, 5.41) is 0. The molecule has 0 bridgehead atoms. The average Bonchev–Trinajstić information content (AvgIpc) is 2.38. The maximum atomic E-state index is 11.3. The highest BCUT2D eigenvalue weighted by Crippen LogP contribution is 2.12. The predicted octanol–water partition coefficient (Wildman–Crippen LogP) is 2.90. The summed E-state index contributed by atoms with van der Waals surface area (Å²) < 4.78 is 10.2. The largest absolute Gasteiger partial charge is 0.469 e. The maximum absolute atomic E-state index is 11.3. The van der Waals surface area contributed by atoms with Gasteiger partial charge in [-0.15, -0.1) is 0 Å². The lowest BCUT2D eigenvalue weighted by molar-refractivity contribution is -0.143. The Kier molecular flexibility index (Phi) is 6.44. The number of benzene rings is 1. The smallest absolute Gasteiger partial charge is 0.308 e. The summed E-state index contributed by atoms with van der Waals surface area (Å²) in [5.41, 5.74) is 2.53. The standard InChI is InChI=1S/C15H22O3/c1-4-18-14(11-15(16)17-3)10-9-13-7-5-12(2)6-8-13/h5-8,14H,4,9-11H2,1-3H3. The van der Waals surface area contributed by atoms with E-state index in [1.807, 2.05) is 6.92 Å². The van der Waals surface area contributed by atoms with Crippen LogP contribution in [-0.2, 0) is 20.7 Å². The Balaban J connectivity index is 2.45. The van der Waals surface area contributed by atoms with Crippen LogP contribution >= 0.6 is 0 Å². The lowest BCUT2D eigenvalue weighted by Gasteiger charge is -2.15. The van der Waals surface area contributed by atoms with E-state index < -0.39 is 0 Å². The zero-order valence-corrected chi connectivity index (χ0v) is 11.4. The zero-order chi connectivity index (χ0) is 13.4. The Bertz CT molecular complexity index is 357. The van der Waals surface area contributed by atoms with Gasteiger partial charge in [0.1, 0.15) is 0 Å². The topological polar surface area (TPSA) is 35.5 Å². The van der Waals surface area contributed by atoms with Gasteiger partial charge in [-0.2, -0.15) is 0 Å². The number of aryl methyl sites for hydroxylation is 2. The lowest BCUT2D eigenvalue weighted by Crippen LogP contribution is -2.19. The molecular weight excluding hydrogens is 228 g/mol. The van der Waals surface area contributed by atoms with Crippen molar-refractivity contribution in [1.82, 2.24) is 0 Å². The normalized spacial score (nSPS) is 12.2. The minimum Gasteiger partial charge on any atom is -0.469 e. The highest BCUT2D eigenvalue weighted by molar-refractivity contribution is 5.69. The summed E-state index contributed by atoms with van der Waals surface area (Å²) in [6, 6.07) is 8.45. The van der Waals surface area contributed by atoms with E-state index >= 15 is 0 Å². The summed E-state index contributed by atoms with van der Waals surface area (Å²) >= 11 is 0. The van der Waals surface area contributed by atoms with E-state index in [0.717, 1.165) is 12.8 Å². The van der Waals surface area contributed by atoms with Gasteiger partial charge in [0, 0.05) is 6.61 Å². The molecule has 0 N–H and O–H groups in total. The van der Waals surface area contributed by atoms with Crippen LogP contribution in [0.3, 0.4) is 0 Å². The van der Waals surface area contributed by atoms with Crippen LogP contribution in [0.4, 0.5) is 0 Å². The van der Waals surface area contributed by atoms with Crippen LogP contribution in [-0.4, -0.2) is 25.8 Å². The van der Waals surface area contributed by atoms with Gasteiger partial charge in [0.25, 0.3) is 0 Å². The third kappa shape index (κ3) is 5.32. The minimum atomic E-state index is -0.211. The molecule has 0 amide bonds. The van der Waals surface area contributed by atoms with Crippen LogP contribution in [0.2, 0.25) is 0 Å². The van der Waals surface area contributed by atoms with Crippen LogP contribution in [0, 0.1) is 6.92 Å². The minimum absolute atomic E-state index is 0.0521. The fraction of sp³-hybridized carbons (Fsp3) is 0.533. The molecule has 1 atom stereocenters.